The average Bonchev–Trinajstić information content (AvgIpc) is 2.64. The number of hydroxylamine groups is 1. The lowest BCUT2D eigenvalue weighted by Gasteiger charge is -2.22. The molecule has 1 amide bonds. The number of carbonyl (C=O) groups excluding carboxylic acids is 1. The van der Waals surface area contributed by atoms with Crippen LogP contribution in [0.5, 0.6) is 5.75 Å². The molecule has 0 atom stereocenters. The van der Waals surface area contributed by atoms with E-state index in [1.54, 1.807) is 6.07 Å². The number of aryl methyl sites for hydroxylation is 2. The highest BCUT2D eigenvalue weighted by Crippen LogP contribution is 2.39. The van der Waals surface area contributed by atoms with E-state index in [1.165, 1.54) is 18.4 Å². The number of thioether (sulfide) groups is 1. The van der Waals surface area contributed by atoms with Crippen LogP contribution in [0.2, 0.25) is 0 Å². The van der Waals surface area contributed by atoms with Crippen molar-refractivity contribution in [3.8, 4) is 5.75 Å². The summed E-state index contributed by atoms with van der Waals surface area (Å²) in [6, 6.07) is 9.00. The zero-order chi connectivity index (χ0) is 20.2. The van der Waals surface area contributed by atoms with Crippen molar-refractivity contribution in [2.75, 3.05) is 11.3 Å². The summed E-state index contributed by atoms with van der Waals surface area (Å²) in [5, 5.41) is 9.15. The summed E-state index contributed by atoms with van der Waals surface area (Å²) < 4.78 is 45.8. The van der Waals surface area contributed by atoms with Crippen LogP contribution in [-0.2, 0) is 19.2 Å². The third-order valence-corrected chi connectivity index (χ3v) is 4.54. The number of halogens is 3. The van der Waals surface area contributed by atoms with Gasteiger partial charge in [-0.1, -0.05) is 43.0 Å². The van der Waals surface area contributed by atoms with E-state index in [2.05, 4.69) is 0 Å². The molecule has 0 aliphatic carbocycles. The Kier molecular flexibility index (Phi) is 6.78. The van der Waals surface area contributed by atoms with E-state index >= 15 is 0 Å². The summed E-state index contributed by atoms with van der Waals surface area (Å²) in [6.45, 7) is 3.63. The molecule has 0 heterocycles. The standard InChI is InChI=1S/C19H20F3NO3S/c1-4-13-8-9-16(12(2)10-13)26-11-14-6-5-7-15(19(20,21)22)17(14)23(25)18(24)27-3/h5-10,25H,4,11H2,1-3H3. The van der Waals surface area contributed by atoms with Crippen molar-refractivity contribution >= 4 is 22.7 Å². The summed E-state index contributed by atoms with van der Waals surface area (Å²) in [5.74, 6) is 0.524. The second-order valence-corrected chi connectivity index (χ2v) is 6.59. The molecule has 1 N–H and O–H groups in total. The molecule has 0 fully saturated rings. The molecule has 2 aromatic carbocycles. The molecule has 0 unspecified atom stereocenters. The van der Waals surface area contributed by atoms with Crippen LogP contribution in [-0.4, -0.2) is 16.7 Å². The van der Waals surface area contributed by atoms with Gasteiger partial charge in [0.25, 0.3) is 0 Å². The monoisotopic (exact) mass is 399 g/mol. The minimum Gasteiger partial charge on any atom is -0.489 e. The Labute approximate surface area is 159 Å². The van der Waals surface area contributed by atoms with Crippen molar-refractivity contribution in [1.29, 1.82) is 0 Å². The lowest BCUT2D eigenvalue weighted by molar-refractivity contribution is -0.137. The average molecular weight is 399 g/mol. The minimum atomic E-state index is -4.73. The highest BCUT2D eigenvalue weighted by Gasteiger charge is 2.37. The fourth-order valence-electron chi connectivity index (χ4n) is 2.61. The predicted octanol–water partition coefficient (Wildman–Crippen LogP) is 5.83. The van der Waals surface area contributed by atoms with Crippen molar-refractivity contribution in [2.24, 2.45) is 0 Å². The van der Waals surface area contributed by atoms with Crippen molar-refractivity contribution in [1.82, 2.24) is 0 Å². The van der Waals surface area contributed by atoms with E-state index < -0.39 is 22.7 Å². The quantitative estimate of drug-likeness (QED) is 0.507. The summed E-state index contributed by atoms with van der Waals surface area (Å²) in [6.07, 6.45) is -2.50. The van der Waals surface area contributed by atoms with Crippen molar-refractivity contribution in [3.05, 3.63) is 58.7 Å². The molecule has 4 nitrogen and oxygen atoms in total. The van der Waals surface area contributed by atoms with Gasteiger partial charge in [-0.15, -0.1) is 0 Å². The normalized spacial score (nSPS) is 11.4. The Morgan fingerprint density at radius 2 is 1.96 bits per heavy atom. The summed E-state index contributed by atoms with van der Waals surface area (Å²) >= 11 is 0.606. The van der Waals surface area contributed by atoms with Gasteiger partial charge in [0.1, 0.15) is 12.4 Å². The fourth-order valence-corrected chi connectivity index (χ4v) is 2.88. The molecule has 27 heavy (non-hydrogen) atoms. The molecular formula is C19H20F3NO3S. The minimum absolute atomic E-state index is 0.0270. The van der Waals surface area contributed by atoms with Gasteiger partial charge in [-0.2, -0.15) is 18.2 Å². The molecule has 0 saturated carbocycles. The first-order valence-corrected chi connectivity index (χ1v) is 9.39. The number of nitrogens with zero attached hydrogens (tertiary/aromatic N) is 1. The smallest absolute Gasteiger partial charge is 0.418 e. The number of rotatable bonds is 5. The zero-order valence-corrected chi connectivity index (χ0v) is 15.9. The molecule has 2 rings (SSSR count). The maximum Gasteiger partial charge on any atom is 0.418 e. The van der Waals surface area contributed by atoms with E-state index in [0.717, 1.165) is 23.6 Å². The number of hydrogen-bond acceptors (Lipinski definition) is 4. The van der Waals surface area contributed by atoms with Crippen LogP contribution in [0.1, 0.15) is 29.2 Å². The van der Waals surface area contributed by atoms with Gasteiger partial charge in [0, 0.05) is 5.56 Å². The van der Waals surface area contributed by atoms with Gasteiger partial charge in [-0.25, -0.2) is 0 Å². The molecule has 0 aliphatic rings. The van der Waals surface area contributed by atoms with E-state index in [4.69, 9.17) is 4.74 Å². The molecule has 0 aliphatic heterocycles. The number of para-hydroxylation sites is 1. The van der Waals surface area contributed by atoms with Gasteiger partial charge in [-0.05, 0) is 42.9 Å². The summed E-state index contributed by atoms with van der Waals surface area (Å²) in [5.41, 5.74) is 0.294. The molecular weight excluding hydrogens is 379 g/mol. The van der Waals surface area contributed by atoms with Crippen molar-refractivity contribution in [2.45, 2.75) is 33.1 Å². The Balaban J connectivity index is 2.40. The molecule has 0 bridgehead atoms. The van der Waals surface area contributed by atoms with E-state index in [-0.39, 0.29) is 17.2 Å². The topological polar surface area (TPSA) is 49.8 Å². The first-order valence-electron chi connectivity index (χ1n) is 8.17. The molecule has 0 saturated heterocycles. The first-order chi connectivity index (χ1) is 12.7. The van der Waals surface area contributed by atoms with Crippen LogP contribution in [0.15, 0.2) is 36.4 Å². The third kappa shape index (κ3) is 4.95. The lowest BCUT2D eigenvalue weighted by Crippen LogP contribution is -2.27. The van der Waals surface area contributed by atoms with Gasteiger partial charge in [-0.3, -0.25) is 10.0 Å². The molecule has 146 valence electrons. The molecule has 2 aromatic rings. The van der Waals surface area contributed by atoms with Crippen LogP contribution >= 0.6 is 11.8 Å². The number of alkyl halides is 3. The zero-order valence-electron chi connectivity index (χ0n) is 15.1. The lowest BCUT2D eigenvalue weighted by atomic mass is 10.1. The van der Waals surface area contributed by atoms with Crippen molar-refractivity contribution < 1.29 is 27.9 Å². The van der Waals surface area contributed by atoms with Crippen LogP contribution < -0.4 is 9.80 Å². The number of ether oxygens (including phenoxy) is 1. The van der Waals surface area contributed by atoms with E-state index in [1.807, 2.05) is 26.0 Å². The maximum absolute atomic E-state index is 13.4. The maximum atomic E-state index is 13.4. The second-order valence-electron chi connectivity index (χ2n) is 5.83. The summed E-state index contributed by atoms with van der Waals surface area (Å²) in [7, 11) is 0. The second kappa shape index (κ2) is 8.67. The molecule has 0 radical (unpaired) electrons. The Bertz CT molecular complexity index is 824. The summed E-state index contributed by atoms with van der Waals surface area (Å²) in [4.78, 5) is 11.8. The Morgan fingerprint density at radius 1 is 1.26 bits per heavy atom. The van der Waals surface area contributed by atoms with E-state index in [0.29, 0.717) is 17.5 Å². The van der Waals surface area contributed by atoms with Gasteiger partial charge in [0.05, 0.1) is 11.3 Å². The number of carbonyl (C=O) groups is 1. The van der Waals surface area contributed by atoms with Gasteiger partial charge in [0.2, 0.25) is 0 Å². The van der Waals surface area contributed by atoms with Crippen LogP contribution in [0.3, 0.4) is 0 Å². The van der Waals surface area contributed by atoms with Crippen LogP contribution in [0.4, 0.5) is 23.7 Å². The van der Waals surface area contributed by atoms with Gasteiger partial charge >= 0.3 is 11.4 Å². The number of anilines is 1. The van der Waals surface area contributed by atoms with Gasteiger partial charge in [0.15, 0.2) is 0 Å². The molecule has 8 heteroatoms. The Morgan fingerprint density at radius 3 is 2.52 bits per heavy atom. The fraction of sp³-hybridized carbons (Fsp3) is 0.316. The van der Waals surface area contributed by atoms with Crippen molar-refractivity contribution in [3.63, 3.8) is 0 Å². The molecule has 0 aromatic heterocycles. The van der Waals surface area contributed by atoms with E-state index in [9.17, 15) is 23.2 Å². The number of hydrogen-bond donors (Lipinski definition) is 1. The largest absolute Gasteiger partial charge is 0.489 e. The highest BCUT2D eigenvalue weighted by molar-refractivity contribution is 8.13. The first kappa shape index (κ1) is 21.1. The number of benzene rings is 2. The SMILES string of the molecule is CCc1ccc(OCc2cccc(C(F)(F)F)c2N(O)C(=O)SC)c(C)c1. The highest BCUT2D eigenvalue weighted by atomic mass is 32.2. The molecule has 0 spiro atoms. The number of amides is 1. The van der Waals surface area contributed by atoms with Crippen LogP contribution in [0.25, 0.3) is 0 Å². The Hall–Kier alpha value is -2.19. The third-order valence-electron chi connectivity index (χ3n) is 4.02. The van der Waals surface area contributed by atoms with Crippen LogP contribution in [0, 0.1) is 6.92 Å². The predicted molar refractivity (Wildman–Crippen MR) is 99.5 cm³/mol. The van der Waals surface area contributed by atoms with Gasteiger partial charge < -0.3 is 4.74 Å².